The van der Waals surface area contributed by atoms with Crippen molar-refractivity contribution in [3.8, 4) is 0 Å². The van der Waals surface area contributed by atoms with Crippen molar-refractivity contribution >= 4 is 0 Å². The van der Waals surface area contributed by atoms with Gasteiger partial charge in [-0.2, -0.15) is 0 Å². The number of fused-ring (bicyclic) bond motifs is 1. The van der Waals surface area contributed by atoms with Gasteiger partial charge in [-0.15, -0.1) is 0 Å². The largest absolute Gasteiger partial charge is 0.0654 e. The summed E-state index contributed by atoms with van der Waals surface area (Å²) in [4.78, 5) is 0. The molecule has 0 amide bonds. The molecule has 3 aliphatic carbocycles. The van der Waals surface area contributed by atoms with Crippen LogP contribution in [0.2, 0.25) is 0 Å². The molecule has 4 unspecified atom stereocenters. The van der Waals surface area contributed by atoms with Gasteiger partial charge >= 0.3 is 0 Å². The third-order valence-corrected chi connectivity index (χ3v) is 5.49. The van der Waals surface area contributed by atoms with Crippen LogP contribution in [0.4, 0.5) is 0 Å². The quantitative estimate of drug-likeness (QED) is 0.505. The van der Waals surface area contributed by atoms with E-state index in [9.17, 15) is 0 Å². The fraction of sp³-hybridized carbons (Fsp3) is 1.00. The van der Waals surface area contributed by atoms with Gasteiger partial charge in [0.2, 0.25) is 0 Å². The summed E-state index contributed by atoms with van der Waals surface area (Å²) in [6, 6.07) is 0. The maximum Gasteiger partial charge on any atom is -0.0292 e. The minimum absolute atomic E-state index is 0.780. The first kappa shape index (κ1) is 12.5. The van der Waals surface area contributed by atoms with Crippen LogP contribution in [0.5, 0.6) is 0 Å². The van der Waals surface area contributed by atoms with E-state index in [-0.39, 0.29) is 0 Å². The van der Waals surface area contributed by atoms with E-state index in [1.165, 1.54) is 44.9 Å². The second-order valence-corrected chi connectivity index (χ2v) is 6.95. The molecule has 0 heteroatoms. The molecular formula is C16H30. The number of rotatable bonds is 7. The van der Waals surface area contributed by atoms with Gasteiger partial charge in [-0.25, -0.2) is 0 Å². The lowest BCUT2D eigenvalue weighted by Gasteiger charge is -2.46. The Morgan fingerprint density at radius 2 is 2.06 bits per heavy atom. The summed E-state index contributed by atoms with van der Waals surface area (Å²) < 4.78 is 0. The van der Waals surface area contributed by atoms with E-state index < -0.39 is 0 Å². The normalized spacial score (nSPS) is 38.4. The van der Waals surface area contributed by atoms with Gasteiger partial charge in [-0.1, -0.05) is 52.9 Å². The van der Waals surface area contributed by atoms with E-state index in [0.717, 1.165) is 23.2 Å². The highest BCUT2D eigenvalue weighted by atomic mass is 14.6. The molecule has 0 nitrogen and oxygen atoms in total. The van der Waals surface area contributed by atoms with Gasteiger partial charge < -0.3 is 0 Å². The lowest BCUT2D eigenvalue weighted by atomic mass is 9.59. The van der Waals surface area contributed by atoms with Crippen LogP contribution in [0.15, 0.2) is 0 Å². The zero-order chi connectivity index (χ0) is 11.6. The van der Waals surface area contributed by atoms with Crippen LogP contribution < -0.4 is 0 Å². The molecule has 3 saturated carbocycles. The molecule has 0 N–H and O–H groups in total. The van der Waals surface area contributed by atoms with Gasteiger partial charge in [0.15, 0.2) is 0 Å². The van der Waals surface area contributed by atoms with Crippen molar-refractivity contribution < 1.29 is 0 Å². The van der Waals surface area contributed by atoms with Crippen molar-refractivity contribution in [1.29, 1.82) is 0 Å². The average Bonchev–Trinajstić information content (AvgIpc) is 2.78. The molecule has 16 heavy (non-hydrogen) atoms. The molecule has 0 spiro atoms. The van der Waals surface area contributed by atoms with E-state index in [1.807, 2.05) is 0 Å². The van der Waals surface area contributed by atoms with Gasteiger partial charge in [0, 0.05) is 0 Å². The lowest BCUT2D eigenvalue weighted by Crippen LogP contribution is -2.38. The first-order valence-electron chi connectivity index (χ1n) is 7.65. The highest BCUT2D eigenvalue weighted by molar-refractivity contribution is 5.05. The van der Waals surface area contributed by atoms with E-state index in [2.05, 4.69) is 20.8 Å². The Kier molecular flexibility index (Phi) is 3.97. The summed E-state index contributed by atoms with van der Waals surface area (Å²) in [5.74, 6) is 3.22. The zero-order valence-electron chi connectivity index (χ0n) is 11.6. The predicted molar refractivity (Wildman–Crippen MR) is 71.5 cm³/mol. The summed E-state index contributed by atoms with van der Waals surface area (Å²) >= 11 is 0. The first-order valence-corrected chi connectivity index (χ1v) is 7.65. The van der Waals surface area contributed by atoms with Crippen molar-refractivity contribution in [2.75, 3.05) is 0 Å². The Hall–Kier alpha value is 0. The molecule has 94 valence electrons. The molecular weight excluding hydrogens is 192 g/mol. The third-order valence-electron chi connectivity index (χ3n) is 5.49. The van der Waals surface area contributed by atoms with E-state index >= 15 is 0 Å². The standard InChI is InChI=1S/C16H30/c1-4-5-6-7-8-13(2)11-15-14-9-10-16(15,3)12-14/h13-15H,4-12H2,1-3H3. The molecule has 0 aromatic carbocycles. The van der Waals surface area contributed by atoms with Gasteiger partial charge in [-0.05, 0) is 48.9 Å². The van der Waals surface area contributed by atoms with E-state index in [0.29, 0.717) is 0 Å². The Labute approximate surface area is 102 Å². The first-order chi connectivity index (χ1) is 7.65. The van der Waals surface area contributed by atoms with Crippen LogP contribution in [0.25, 0.3) is 0 Å². The molecule has 3 fully saturated rings. The van der Waals surface area contributed by atoms with E-state index in [4.69, 9.17) is 0 Å². The Balaban J connectivity index is 1.63. The fourth-order valence-corrected chi connectivity index (χ4v) is 4.35. The summed E-state index contributed by atoms with van der Waals surface area (Å²) in [6.07, 6.45) is 13.4. The van der Waals surface area contributed by atoms with Crippen LogP contribution in [0.1, 0.15) is 78.6 Å². The molecule has 0 radical (unpaired) electrons. The Morgan fingerprint density at radius 1 is 1.25 bits per heavy atom. The van der Waals surface area contributed by atoms with Gasteiger partial charge in [-0.3, -0.25) is 0 Å². The molecule has 2 bridgehead atoms. The summed E-state index contributed by atoms with van der Waals surface area (Å²) in [6.45, 7) is 7.34. The molecule has 0 aromatic rings. The predicted octanol–water partition coefficient (Wildman–Crippen LogP) is 5.42. The molecule has 3 rings (SSSR count). The number of hydrogen-bond donors (Lipinski definition) is 0. The highest BCUT2D eigenvalue weighted by Gasteiger charge is 2.55. The molecule has 0 aromatic heterocycles. The van der Waals surface area contributed by atoms with Crippen molar-refractivity contribution in [3.05, 3.63) is 0 Å². The second-order valence-electron chi connectivity index (χ2n) is 6.95. The summed E-state index contributed by atoms with van der Waals surface area (Å²) in [5.41, 5.74) is 0.780. The minimum atomic E-state index is 0.780. The fourth-order valence-electron chi connectivity index (χ4n) is 4.35. The van der Waals surface area contributed by atoms with E-state index in [1.54, 1.807) is 12.8 Å². The third kappa shape index (κ3) is 2.46. The van der Waals surface area contributed by atoms with Crippen LogP contribution in [0, 0.1) is 23.2 Å². The maximum absolute atomic E-state index is 2.55. The zero-order valence-corrected chi connectivity index (χ0v) is 11.6. The molecule has 0 aliphatic heterocycles. The SMILES string of the molecule is CCCCCCC(C)CC1C2CCC1(C)C2. The van der Waals surface area contributed by atoms with Crippen molar-refractivity contribution in [2.24, 2.45) is 23.2 Å². The number of hydrogen-bond acceptors (Lipinski definition) is 0. The topological polar surface area (TPSA) is 0 Å². The van der Waals surface area contributed by atoms with Crippen molar-refractivity contribution in [1.82, 2.24) is 0 Å². The van der Waals surface area contributed by atoms with Gasteiger partial charge in [0.05, 0.1) is 0 Å². The van der Waals surface area contributed by atoms with Crippen LogP contribution in [0.3, 0.4) is 0 Å². The highest BCUT2D eigenvalue weighted by Crippen LogP contribution is 2.64. The Morgan fingerprint density at radius 3 is 2.62 bits per heavy atom. The lowest BCUT2D eigenvalue weighted by molar-refractivity contribution is 0.0294. The van der Waals surface area contributed by atoms with Crippen LogP contribution in [-0.2, 0) is 0 Å². The maximum atomic E-state index is 2.55. The summed E-state index contributed by atoms with van der Waals surface area (Å²) in [7, 11) is 0. The van der Waals surface area contributed by atoms with Gasteiger partial charge in [0.1, 0.15) is 0 Å². The van der Waals surface area contributed by atoms with Crippen LogP contribution in [-0.4, -0.2) is 0 Å². The minimum Gasteiger partial charge on any atom is -0.0654 e. The average molecular weight is 222 g/mol. The van der Waals surface area contributed by atoms with Crippen molar-refractivity contribution in [3.63, 3.8) is 0 Å². The van der Waals surface area contributed by atoms with Gasteiger partial charge in [0.25, 0.3) is 0 Å². The Bertz CT molecular complexity index is 216. The molecule has 3 aliphatic rings. The molecule has 0 heterocycles. The smallest absolute Gasteiger partial charge is 0.0292 e. The second kappa shape index (κ2) is 5.10. The monoisotopic (exact) mass is 222 g/mol. The molecule has 4 atom stereocenters. The van der Waals surface area contributed by atoms with Crippen molar-refractivity contribution in [2.45, 2.75) is 78.6 Å². The summed E-state index contributed by atoms with van der Waals surface area (Å²) in [5, 5.41) is 0. The molecule has 0 saturated heterocycles. The van der Waals surface area contributed by atoms with Crippen LogP contribution >= 0.6 is 0 Å². The number of unbranched alkanes of at least 4 members (excludes halogenated alkanes) is 3.